The molecular formula is C21H15ClN2O3. The van der Waals surface area contributed by atoms with Crippen LogP contribution in [0.4, 0.5) is 5.69 Å². The van der Waals surface area contributed by atoms with Crippen LogP contribution in [0.1, 0.15) is 5.76 Å². The number of anilines is 1. The van der Waals surface area contributed by atoms with Crippen molar-refractivity contribution < 1.29 is 13.9 Å². The van der Waals surface area contributed by atoms with Crippen molar-refractivity contribution in [2.24, 2.45) is 0 Å². The largest absolute Gasteiger partial charge is 0.495 e. The number of rotatable bonds is 5. The number of halogens is 1. The first-order chi connectivity index (χ1) is 13.1. The van der Waals surface area contributed by atoms with E-state index in [1.165, 1.54) is 13.2 Å². The Balaban J connectivity index is 1.81. The van der Waals surface area contributed by atoms with E-state index in [0.29, 0.717) is 28.0 Å². The summed E-state index contributed by atoms with van der Waals surface area (Å²) in [5, 5.41) is 12.6. The number of ether oxygens (including phenoxy) is 1. The van der Waals surface area contributed by atoms with E-state index >= 15 is 0 Å². The number of furan rings is 1. The highest BCUT2D eigenvalue weighted by atomic mass is 35.5. The first-order valence-corrected chi connectivity index (χ1v) is 8.40. The van der Waals surface area contributed by atoms with Crippen LogP contribution in [-0.2, 0) is 4.79 Å². The SMILES string of the molecule is COc1ccccc1NC(=O)C(C#N)=Cc1ccc(-c2ccc(Cl)cc2)o1. The van der Waals surface area contributed by atoms with Crippen LogP contribution < -0.4 is 10.1 Å². The predicted octanol–water partition coefficient (Wildman–Crippen LogP) is 5.15. The Kier molecular flexibility index (Phi) is 5.60. The number of hydrogen-bond donors (Lipinski definition) is 1. The number of para-hydroxylation sites is 2. The molecule has 0 bridgehead atoms. The van der Waals surface area contributed by atoms with Gasteiger partial charge in [0.2, 0.25) is 0 Å². The average molecular weight is 379 g/mol. The van der Waals surface area contributed by atoms with Crippen LogP contribution in [0.3, 0.4) is 0 Å². The fourth-order valence-electron chi connectivity index (χ4n) is 2.43. The summed E-state index contributed by atoms with van der Waals surface area (Å²) < 4.78 is 10.9. The van der Waals surface area contributed by atoms with Gasteiger partial charge in [-0.25, -0.2) is 0 Å². The van der Waals surface area contributed by atoms with Gasteiger partial charge in [-0.3, -0.25) is 4.79 Å². The number of carbonyl (C=O) groups excluding carboxylic acids is 1. The summed E-state index contributed by atoms with van der Waals surface area (Å²) in [4.78, 5) is 12.4. The normalized spacial score (nSPS) is 10.9. The van der Waals surface area contributed by atoms with Gasteiger partial charge >= 0.3 is 0 Å². The molecule has 0 aliphatic carbocycles. The third-order valence-electron chi connectivity index (χ3n) is 3.76. The number of benzene rings is 2. The van der Waals surface area contributed by atoms with Crippen LogP contribution >= 0.6 is 11.6 Å². The molecule has 0 radical (unpaired) electrons. The Morgan fingerprint density at radius 1 is 1.15 bits per heavy atom. The molecule has 134 valence electrons. The summed E-state index contributed by atoms with van der Waals surface area (Å²) in [5.74, 6) is 0.963. The minimum Gasteiger partial charge on any atom is -0.495 e. The number of amides is 1. The van der Waals surface area contributed by atoms with E-state index in [-0.39, 0.29) is 5.57 Å². The van der Waals surface area contributed by atoms with E-state index in [1.54, 1.807) is 48.5 Å². The predicted molar refractivity (Wildman–Crippen MR) is 104 cm³/mol. The van der Waals surface area contributed by atoms with Crippen molar-refractivity contribution in [2.45, 2.75) is 0 Å². The molecule has 3 aromatic rings. The molecule has 1 amide bonds. The van der Waals surface area contributed by atoms with E-state index in [9.17, 15) is 10.1 Å². The topological polar surface area (TPSA) is 75.3 Å². The highest BCUT2D eigenvalue weighted by Gasteiger charge is 2.13. The molecule has 5 nitrogen and oxygen atoms in total. The highest BCUT2D eigenvalue weighted by molar-refractivity contribution is 6.30. The Bertz CT molecular complexity index is 1030. The number of nitrogens with zero attached hydrogens (tertiary/aromatic N) is 1. The fourth-order valence-corrected chi connectivity index (χ4v) is 2.55. The van der Waals surface area contributed by atoms with Crippen LogP contribution in [0.2, 0.25) is 5.02 Å². The Morgan fingerprint density at radius 2 is 1.89 bits per heavy atom. The molecule has 0 saturated heterocycles. The lowest BCUT2D eigenvalue weighted by Crippen LogP contribution is -2.14. The van der Waals surface area contributed by atoms with Gasteiger partial charge in [-0.1, -0.05) is 23.7 Å². The van der Waals surface area contributed by atoms with Gasteiger partial charge in [0.15, 0.2) is 0 Å². The summed E-state index contributed by atoms with van der Waals surface area (Å²) in [6.45, 7) is 0. The van der Waals surface area contributed by atoms with Crippen LogP contribution in [-0.4, -0.2) is 13.0 Å². The summed E-state index contributed by atoms with van der Waals surface area (Å²) in [6.07, 6.45) is 1.39. The molecule has 0 spiro atoms. The molecule has 6 heteroatoms. The van der Waals surface area contributed by atoms with Crippen molar-refractivity contribution in [1.82, 2.24) is 0 Å². The molecule has 0 saturated carbocycles. The van der Waals surface area contributed by atoms with Gasteiger partial charge in [0.25, 0.3) is 5.91 Å². The zero-order valence-electron chi connectivity index (χ0n) is 14.4. The monoisotopic (exact) mass is 378 g/mol. The number of carbonyl (C=O) groups is 1. The van der Waals surface area contributed by atoms with Crippen molar-refractivity contribution in [3.63, 3.8) is 0 Å². The maximum Gasteiger partial charge on any atom is 0.266 e. The summed E-state index contributed by atoms with van der Waals surface area (Å²) in [6, 6.07) is 19.5. The number of nitrogens with one attached hydrogen (secondary N) is 1. The average Bonchev–Trinajstić information content (AvgIpc) is 3.15. The van der Waals surface area contributed by atoms with E-state index in [2.05, 4.69) is 5.32 Å². The van der Waals surface area contributed by atoms with E-state index < -0.39 is 5.91 Å². The molecule has 1 N–H and O–H groups in total. The first kappa shape index (κ1) is 18.3. The maximum atomic E-state index is 12.4. The Morgan fingerprint density at radius 3 is 2.59 bits per heavy atom. The lowest BCUT2D eigenvalue weighted by Gasteiger charge is -2.08. The third kappa shape index (κ3) is 4.38. The zero-order chi connectivity index (χ0) is 19.2. The molecule has 0 aliphatic rings. The Labute approximate surface area is 161 Å². The fraction of sp³-hybridized carbons (Fsp3) is 0.0476. The van der Waals surface area contributed by atoms with E-state index in [0.717, 1.165) is 5.56 Å². The minimum atomic E-state index is -0.550. The van der Waals surface area contributed by atoms with Crippen molar-refractivity contribution in [3.8, 4) is 23.1 Å². The molecule has 3 rings (SSSR count). The lowest BCUT2D eigenvalue weighted by molar-refractivity contribution is -0.112. The molecule has 0 fully saturated rings. The zero-order valence-corrected chi connectivity index (χ0v) is 15.2. The molecule has 27 heavy (non-hydrogen) atoms. The van der Waals surface area contributed by atoms with Crippen LogP contribution in [0, 0.1) is 11.3 Å². The van der Waals surface area contributed by atoms with E-state index in [1.807, 2.05) is 18.2 Å². The summed E-state index contributed by atoms with van der Waals surface area (Å²) >= 11 is 5.89. The number of hydrogen-bond acceptors (Lipinski definition) is 4. The van der Waals surface area contributed by atoms with Crippen molar-refractivity contribution in [3.05, 3.63) is 77.0 Å². The van der Waals surface area contributed by atoms with Gasteiger partial charge in [0.05, 0.1) is 12.8 Å². The van der Waals surface area contributed by atoms with Crippen molar-refractivity contribution >= 4 is 29.3 Å². The molecular weight excluding hydrogens is 364 g/mol. The molecule has 2 aromatic carbocycles. The van der Waals surface area contributed by atoms with Crippen LogP contribution in [0.15, 0.2) is 70.7 Å². The molecule has 0 aliphatic heterocycles. The smallest absolute Gasteiger partial charge is 0.266 e. The van der Waals surface area contributed by atoms with Crippen LogP contribution in [0.5, 0.6) is 5.75 Å². The van der Waals surface area contributed by atoms with E-state index in [4.69, 9.17) is 20.8 Å². The van der Waals surface area contributed by atoms with Gasteiger partial charge in [0, 0.05) is 16.7 Å². The second kappa shape index (κ2) is 8.26. The van der Waals surface area contributed by atoms with Crippen molar-refractivity contribution in [2.75, 3.05) is 12.4 Å². The van der Waals surface area contributed by atoms with Gasteiger partial charge in [-0.2, -0.15) is 5.26 Å². The summed E-state index contributed by atoms with van der Waals surface area (Å²) in [7, 11) is 1.51. The number of nitriles is 1. The standard InChI is InChI=1S/C21H15ClN2O3/c1-26-20-5-3-2-4-18(20)24-21(25)15(13-23)12-17-10-11-19(27-17)14-6-8-16(22)9-7-14/h2-12H,1H3,(H,24,25). The highest BCUT2D eigenvalue weighted by Crippen LogP contribution is 2.26. The molecule has 0 atom stereocenters. The van der Waals surface area contributed by atoms with Crippen LogP contribution in [0.25, 0.3) is 17.4 Å². The quantitative estimate of drug-likeness (QED) is 0.491. The van der Waals surface area contributed by atoms with Gasteiger partial charge in [-0.05, 0) is 48.5 Å². The first-order valence-electron chi connectivity index (χ1n) is 8.02. The lowest BCUT2D eigenvalue weighted by atomic mass is 10.2. The summed E-state index contributed by atoms with van der Waals surface area (Å²) in [5.41, 5.74) is 1.24. The second-order valence-electron chi connectivity index (χ2n) is 5.53. The molecule has 1 heterocycles. The van der Waals surface area contributed by atoms with Gasteiger partial charge in [-0.15, -0.1) is 0 Å². The molecule has 1 aromatic heterocycles. The molecule has 0 unspecified atom stereocenters. The second-order valence-corrected chi connectivity index (χ2v) is 5.97. The third-order valence-corrected chi connectivity index (χ3v) is 4.01. The number of methoxy groups -OCH3 is 1. The minimum absolute atomic E-state index is 0.0853. The maximum absolute atomic E-state index is 12.4. The Hall–Kier alpha value is -3.49. The van der Waals surface area contributed by atoms with Gasteiger partial charge in [0.1, 0.15) is 28.9 Å². The van der Waals surface area contributed by atoms with Gasteiger partial charge < -0.3 is 14.5 Å². The van der Waals surface area contributed by atoms with Crippen molar-refractivity contribution in [1.29, 1.82) is 5.26 Å².